The highest BCUT2D eigenvalue weighted by Gasteiger charge is 2.24. The maximum atomic E-state index is 4.41. The van der Waals surface area contributed by atoms with Gasteiger partial charge in [-0.1, -0.05) is 12.1 Å². The van der Waals surface area contributed by atoms with Crippen LogP contribution in [0.15, 0.2) is 40.5 Å². The third-order valence-corrected chi connectivity index (χ3v) is 3.94. The first-order valence-electron chi connectivity index (χ1n) is 5.50. The first-order chi connectivity index (χ1) is 7.93. The van der Waals surface area contributed by atoms with Gasteiger partial charge in [0.05, 0.1) is 17.4 Å². The molecule has 2 aliphatic rings. The lowest BCUT2D eigenvalue weighted by atomic mass is 10.1. The second-order valence-corrected chi connectivity index (χ2v) is 5.04. The SMILES string of the molecule is C1=C(C2=NNC(c3ccccn3)C2)SCC1. The molecule has 0 saturated carbocycles. The smallest absolute Gasteiger partial charge is 0.0916 e. The molecule has 1 aromatic rings. The van der Waals surface area contributed by atoms with Crippen LogP contribution < -0.4 is 5.43 Å². The Morgan fingerprint density at radius 1 is 1.38 bits per heavy atom. The highest BCUT2D eigenvalue weighted by molar-refractivity contribution is 8.04. The molecule has 0 bridgehead atoms. The number of hydrazone groups is 1. The Morgan fingerprint density at radius 2 is 2.38 bits per heavy atom. The summed E-state index contributed by atoms with van der Waals surface area (Å²) in [5, 5.41) is 4.41. The van der Waals surface area contributed by atoms with Gasteiger partial charge in [0.2, 0.25) is 0 Å². The molecule has 2 aliphatic heterocycles. The molecule has 1 atom stereocenters. The molecular weight excluding hydrogens is 218 g/mol. The summed E-state index contributed by atoms with van der Waals surface area (Å²) in [4.78, 5) is 5.71. The van der Waals surface area contributed by atoms with E-state index in [1.54, 1.807) is 0 Å². The van der Waals surface area contributed by atoms with Crippen LogP contribution in [0.4, 0.5) is 0 Å². The van der Waals surface area contributed by atoms with Crippen LogP contribution in [0.5, 0.6) is 0 Å². The molecule has 1 unspecified atom stereocenters. The van der Waals surface area contributed by atoms with E-state index in [0.29, 0.717) is 0 Å². The molecule has 1 N–H and O–H groups in total. The average Bonchev–Trinajstić information content (AvgIpc) is 3.01. The Kier molecular flexibility index (Phi) is 2.66. The number of allylic oxidation sites excluding steroid dienone is 2. The zero-order valence-electron chi connectivity index (χ0n) is 8.89. The van der Waals surface area contributed by atoms with E-state index in [1.165, 1.54) is 22.8 Å². The van der Waals surface area contributed by atoms with Gasteiger partial charge >= 0.3 is 0 Å². The molecule has 4 heteroatoms. The van der Waals surface area contributed by atoms with Gasteiger partial charge < -0.3 is 5.43 Å². The number of hydrogen-bond donors (Lipinski definition) is 1. The lowest BCUT2D eigenvalue weighted by Gasteiger charge is -2.08. The number of pyridine rings is 1. The van der Waals surface area contributed by atoms with Crippen molar-refractivity contribution in [2.24, 2.45) is 5.10 Å². The van der Waals surface area contributed by atoms with Gasteiger partial charge in [-0.05, 0) is 18.6 Å². The molecule has 0 saturated heterocycles. The van der Waals surface area contributed by atoms with Crippen molar-refractivity contribution in [1.82, 2.24) is 10.4 Å². The summed E-state index contributed by atoms with van der Waals surface area (Å²) in [5.41, 5.74) is 5.44. The molecule has 3 rings (SSSR count). The van der Waals surface area contributed by atoms with Crippen LogP contribution in [0.1, 0.15) is 24.6 Å². The number of nitrogens with zero attached hydrogens (tertiary/aromatic N) is 2. The van der Waals surface area contributed by atoms with Crippen molar-refractivity contribution in [2.45, 2.75) is 18.9 Å². The zero-order chi connectivity index (χ0) is 10.8. The standard InChI is InChI=1S/C12H13N3S/c1-2-6-13-9(4-1)10-8-11(15-14-10)12-5-3-7-16-12/h1-2,4-6,10,14H,3,7-8H2. The maximum absolute atomic E-state index is 4.41. The summed E-state index contributed by atoms with van der Waals surface area (Å²) < 4.78 is 0. The van der Waals surface area contributed by atoms with Crippen LogP contribution in [-0.2, 0) is 0 Å². The second kappa shape index (κ2) is 4.29. The van der Waals surface area contributed by atoms with Crippen molar-refractivity contribution in [3.05, 3.63) is 41.1 Å². The minimum atomic E-state index is 0.248. The molecule has 0 amide bonds. The van der Waals surface area contributed by atoms with Gasteiger partial charge in [0, 0.05) is 23.3 Å². The maximum Gasteiger partial charge on any atom is 0.0916 e. The van der Waals surface area contributed by atoms with E-state index < -0.39 is 0 Å². The Morgan fingerprint density at radius 3 is 3.12 bits per heavy atom. The molecule has 0 aromatic carbocycles. The van der Waals surface area contributed by atoms with Crippen LogP contribution in [-0.4, -0.2) is 16.4 Å². The van der Waals surface area contributed by atoms with Crippen LogP contribution in [0.25, 0.3) is 0 Å². The molecule has 1 aromatic heterocycles. The minimum Gasteiger partial charge on any atom is -0.300 e. The predicted molar refractivity (Wildman–Crippen MR) is 67.3 cm³/mol. The summed E-state index contributed by atoms with van der Waals surface area (Å²) in [6, 6.07) is 6.26. The Bertz CT molecular complexity index is 439. The Labute approximate surface area is 99.0 Å². The number of rotatable bonds is 2. The highest BCUT2D eigenvalue weighted by atomic mass is 32.2. The third-order valence-electron chi connectivity index (χ3n) is 2.79. The second-order valence-electron chi connectivity index (χ2n) is 3.90. The largest absolute Gasteiger partial charge is 0.300 e. The third kappa shape index (κ3) is 1.85. The van der Waals surface area contributed by atoms with Gasteiger partial charge in [0.25, 0.3) is 0 Å². The summed E-state index contributed by atoms with van der Waals surface area (Å²) in [6.45, 7) is 0. The normalized spacial score (nSPS) is 23.9. The van der Waals surface area contributed by atoms with Crippen LogP contribution in [0, 0.1) is 0 Å². The summed E-state index contributed by atoms with van der Waals surface area (Å²) in [5.74, 6) is 1.20. The Hall–Kier alpha value is -1.29. The topological polar surface area (TPSA) is 37.3 Å². The predicted octanol–water partition coefficient (Wildman–Crippen LogP) is 2.49. The van der Waals surface area contributed by atoms with Crippen molar-refractivity contribution < 1.29 is 0 Å². The van der Waals surface area contributed by atoms with Gasteiger partial charge in [0.1, 0.15) is 0 Å². The minimum absolute atomic E-state index is 0.248. The van der Waals surface area contributed by atoms with Gasteiger partial charge in [-0.3, -0.25) is 4.98 Å². The van der Waals surface area contributed by atoms with E-state index in [-0.39, 0.29) is 6.04 Å². The van der Waals surface area contributed by atoms with Crippen LogP contribution in [0.2, 0.25) is 0 Å². The van der Waals surface area contributed by atoms with Crippen molar-refractivity contribution in [1.29, 1.82) is 0 Å². The quantitative estimate of drug-likeness (QED) is 0.849. The van der Waals surface area contributed by atoms with Crippen LogP contribution in [0.3, 0.4) is 0 Å². The first-order valence-corrected chi connectivity index (χ1v) is 6.48. The first kappa shape index (κ1) is 9.90. The van der Waals surface area contributed by atoms with Gasteiger partial charge in [-0.25, -0.2) is 0 Å². The molecule has 82 valence electrons. The summed E-state index contributed by atoms with van der Waals surface area (Å²) >= 11 is 1.91. The van der Waals surface area contributed by atoms with E-state index in [1.807, 2.05) is 36.2 Å². The molecule has 0 fully saturated rings. The number of aromatic nitrogens is 1. The summed E-state index contributed by atoms with van der Waals surface area (Å²) in [7, 11) is 0. The number of hydrogen-bond acceptors (Lipinski definition) is 4. The molecule has 3 heterocycles. The monoisotopic (exact) mass is 231 g/mol. The van der Waals surface area contributed by atoms with E-state index in [4.69, 9.17) is 0 Å². The fraction of sp³-hybridized carbons (Fsp3) is 0.333. The average molecular weight is 231 g/mol. The highest BCUT2D eigenvalue weighted by Crippen LogP contribution is 2.31. The lowest BCUT2D eigenvalue weighted by molar-refractivity contribution is 0.603. The zero-order valence-corrected chi connectivity index (χ0v) is 9.70. The molecule has 16 heavy (non-hydrogen) atoms. The lowest BCUT2D eigenvalue weighted by Crippen LogP contribution is -2.11. The molecule has 0 aliphatic carbocycles. The van der Waals surface area contributed by atoms with Crippen molar-refractivity contribution in [3.8, 4) is 0 Å². The fourth-order valence-electron chi connectivity index (χ4n) is 1.97. The van der Waals surface area contributed by atoms with E-state index in [0.717, 1.165) is 12.1 Å². The number of thioether (sulfide) groups is 1. The Balaban J connectivity index is 1.72. The van der Waals surface area contributed by atoms with E-state index in [9.17, 15) is 0 Å². The van der Waals surface area contributed by atoms with Gasteiger partial charge in [0.15, 0.2) is 0 Å². The van der Waals surface area contributed by atoms with Crippen molar-refractivity contribution in [3.63, 3.8) is 0 Å². The van der Waals surface area contributed by atoms with Crippen molar-refractivity contribution >= 4 is 17.5 Å². The van der Waals surface area contributed by atoms with E-state index in [2.05, 4.69) is 21.6 Å². The summed E-state index contributed by atoms with van der Waals surface area (Å²) in [6.07, 6.45) is 6.24. The van der Waals surface area contributed by atoms with Gasteiger partial charge in [-0.15, -0.1) is 11.8 Å². The molecule has 0 spiro atoms. The molecule has 3 nitrogen and oxygen atoms in total. The number of nitrogens with one attached hydrogen (secondary N) is 1. The molecule has 0 radical (unpaired) electrons. The van der Waals surface area contributed by atoms with E-state index >= 15 is 0 Å². The van der Waals surface area contributed by atoms with Gasteiger partial charge in [-0.2, -0.15) is 5.10 Å². The molecular formula is C12H13N3S. The fourth-order valence-corrected chi connectivity index (χ4v) is 2.95. The van der Waals surface area contributed by atoms with Crippen LogP contribution >= 0.6 is 11.8 Å². The van der Waals surface area contributed by atoms with Crippen molar-refractivity contribution in [2.75, 3.05) is 5.75 Å².